The molecule has 1 rings (SSSR count). The molecule has 0 atom stereocenters. The summed E-state index contributed by atoms with van der Waals surface area (Å²) in [5.41, 5.74) is 0.886. The van der Waals surface area contributed by atoms with Crippen LogP contribution >= 0.6 is 0 Å². The summed E-state index contributed by atoms with van der Waals surface area (Å²) in [6, 6.07) is 0. The van der Waals surface area contributed by atoms with E-state index < -0.39 is 0 Å². The molecular weight excluding hydrogens is 142 g/mol. The van der Waals surface area contributed by atoms with Gasteiger partial charge in [-0.2, -0.15) is 0 Å². The van der Waals surface area contributed by atoms with Gasteiger partial charge < -0.3 is 9.67 Å². The summed E-state index contributed by atoms with van der Waals surface area (Å²) >= 11 is 0. The zero-order valence-electron chi connectivity index (χ0n) is 6.88. The van der Waals surface area contributed by atoms with Crippen LogP contribution in [0.4, 0.5) is 0 Å². The second-order valence-corrected chi connectivity index (χ2v) is 2.69. The molecule has 1 aromatic rings. The molecule has 0 spiro atoms. The highest BCUT2D eigenvalue weighted by Crippen LogP contribution is 2.08. The van der Waals surface area contributed by atoms with E-state index in [1.807, 2.05) is 0 Å². The van der Waals surface area contributed by atoms with Crippen LogP contribution in [-0.2, 0) is 7.05 Å². The molecule has 0 bridgehead atoms. The van der Waals surface area contributed by atoms with Crippen molar-refractivity contribution in [1.29, 1.82) is 0 Å². The SMILES string of the molecule is Cc1cn(C)c(C)c(O)c1=O. The lowest BCUT2D eigenvalue weighted by atomic mass is 10.2. The molecule has 1 N–H and O–H groups in total. The molecule has 0 aromatic carbocycles. The van der Waals surface area contributed by atoms with Crippen LogP contribution in [-0.4, -0.2) is 9.67 Å². The summed E-state index contributed by atoms with van der Waals surface area (Å²) in [5.74, 6) is -0.146. The molecule has 1 aromatic heterocycles. The van der Waals surface area contributed by atoms with Crippen molar-refractivity contribution in [3.8, 4) is 5.75 Å². The molecule has 0 amide bonds. The Bertz CT molecular complexity index is 339. The molecule has 0 radical (unpaired) electrons. The highest BCUT2D eigenvalue weighted by Gasteiger charge is 2.05. The molecule has 60 valence electrons. The molecule has 11 heavy (non-hydrogen) atoms. The van der Waals surface area contributed by atoms with Crippen molar-refractivity contribution in [2.75, 3.05) is 0 Å². The minimum Gasteiger partial charge on any atom is -0.503 e. The molecule has 0 aliphatic heterocycles. The third-order valence-corrected chi connectivity index (χ3v) is 1.83. The average Bonchev–Trinajstić information content (AvgIpc) is 1.97. The molecule has 0 unspecified atom stereocenters. The highest BCUT2D eigenvalue weighted by atomic mass is 16.3. The lowest BCUT2D eigenvalue weighted by Gasteiger charge is -2.06. The Kier molecular flexibility index (Phi) is 1.72. The normalized spacial score (nSPS) is 10.1. The van der Waals surface area contributed by atoms with Gasteiger partial charge in [0.1, 0.15) is 0 Å². The summed E-state index contributed by atoms with van der Waals surface area (Å²) in [6.07, 6.45) is 1.71. The van der Waals surface area contributed by atoms with E-state index in [0.29, 0.717) is 11.3 Å². The quantitative estimate of drug-likeness (QED) is 0.596. The van der Waals surface area contributed by atoms with Crippen molar-refractivity contribution in [2.45, 2.75) is 13.8 Å². The Hall–Kier alpha value is -1.25. The maximum atomic E-state index is 11.1. The maximum Gasteiger partial charge on any atom is 0.226 e. The van der Waals surface area contributed by atoms with Crippen molar-refractivity contribution in [3.63, 3.8) is 0 Å². The molecule has 1 heterocycles. The minimum atomic E-state index is -0.277. The fraction of sp³-hybridized carbons (Fsp3) is 0.375. The Labute approximate surface area is 64.9 Å². The van der Waals surface area contributed by atoms with Gasteiger partial charge in [-0.3, -0.25) is 4.79 Å². The van der Waals surface area contributed by atoms with Crippen molar-refractivity contribution >= 4 is 0 Å². The third-order valence-electron chi connectivity index (χ3n) is 1.83. The van der Waals surface area contributed by atoms with Gasteiger partial charge in [-0.1, -0.05) is 0 Å². The lowest BCUT2D eigenvalue weighted by Crippen LogP contribution is -2.11. The van der Waals surface area contributed by atoms with E-state index in [4.69, 9.17) is 0 Å². The number of pyridine rings is 1. The first-order chi connectivity index (χ1) is 5.04. The number of rotatable bonds is 0. The molecular formula is C8H11NO2. The summed E-state index contributed by atoms with van der Waals surface area (Å²) in [7, 11) is 1.79. The number of aryl methyl sites for hydroxylation is 2. The van der Waals surface area contributed by atoms with Crippen LogP contribution in [0.3, 0.4) is 0 Å². The molecule has 0 aliphatic rings. The molecule has 0 fully saturated rings. The first kappa shape index (κ1) is 7.85. The van der Waals surface area contributed by atoms with E-state index in [1.165, 1.54) is 0 Å². The van der Waals surface area contributed by atoms with Crippen LogP contribution in [0.2, 0.25) is 0 Å². The van der Waals surface area contributed by atoms with E-state index in [9.17, 15) is 9.90 Å². The van der Waals surface area contributed by atoms with Crippen molar-refractivity contribution in [1.82, 2.24) is 4.57 Å². The van der Waals surface area contributed by atoms with Gasteiger partial charge in [-0.15, -0.1) is 0 Å². The molecule has 3 nitrogen and oxygen atoms in total. The average molecular weight is 153 g/mol. The number of hydrogen-bond acceptors (Lipinski definition) is 2. The number of nitrogens with zero attached hydrogens (tertiary/aromatic N) is 1. The second-order valence-electron chi connectivity index (χ2n) is 2.69. The second kappa shape index (κ2) is 2.42. The number of aromatic hydroxyl groups is 1. The van der Waals surface area contributed by atoms with Gasteiger partial charge in [0, 0.05) is 18.8 Å². The van der Waals surface area contributed by atoms with Crippen LogP contribution in [0.15, 0.2) is 11.0 Å². The summed E-state index contributed by atoms with van der Waals surface area (Å²) < 4.78 is 1.73. The summed E-state index contributed by atoms with van der Waals surface area (Å²) in [5, 5.41) is 9.23. The smallest absolute Gasteiger partial charge is 0.226 e. The van der Waals surface area contributed by atoms with Gasteiger partial charge >= 0.3 is 0 Å². The van der Waals surface area contributed by atoms with E-state index in [2.05, 4.69) is 0 Å². The van der Waals surface area contributed by atoms with Crippen LogP contribution < -0.4 is 5.43 Å². The van der Waals surface area contributed by atoms with E-state index >= 15 is 0 Å². The van der Waals surface area contributed by atoms with Crippen LogP contribution in [0.25, 0.3) is 0 Å². The molecule has 3 heteroatoms. The molecule has 0 saturated carbocycles. The van der Waals surface area contributed by atoms with Gasteiger partial charge in [0.25, 0.3) is 0 Å². The predicted octanol–water partition coefficient (Wildman–Crippen LogP) is 0.708. The third kappa shape index (κ3) is 1.13. The zero-order valence-corrected chi connectivity index (χ0v) is 6.88. The number of hydrogen-bond donors (Lipinski definition) is 1. The standard InChI is InChI=1S/C8H11NO2/c1-5-4-9(3)6(2)8(11)7(5)10/h4,11H,1-3H3. The van der Waals surface area contributed by atoms with Crippen molar-refractivity contribution in [2.24, 2.45) is 7.05 Å². The molecule has 0 aliphatic carbocycles. The van der Waals surface area contributed by atoms with Crippen molar-refractivity contribution < 1.29 is 5.11 Å². The van der Waals surface area contributed by atoms with Crippen LogP contribution in [0.5, 0.6) is 5.75 Å². The highest BCUT2D eigenvalue weighted by molar-refractivity contribution is 5.29. The van der Waals surface area contributed by atoms with Gasteiger partial charge in [0.2, 0.25) is 5.43 Å². The van der Waals surface area contributed by atoms with Gasteiger partial charge in [0.15, 0.2) is 5.75 Å². The van der Waals surface area contributed by atoms with E-state index in [-0.39, 0.29) is 11.2 Å². The van der Waals surface area contributed by atoms with Gasteiger partial charge in [-0.05, 0) is 13.8 Å². The maximum absolute atomic E-state index is 11.1. The van der Waals surface area contributed by atoms with Gasteiger partial charge in [-0.25, -0.2) is 0 Å². The zero-order chi connectivity index (χ0) is 8.59. The van der Waals surface area contributed by atoms with E-state index in [1.54, 1.807) is 31.7 Å². The number of aromatic nitrogens is 1. The van der Waals surface area contributed by atoms with Crippen LogP contribution in [0.1, 0.15) is 11.3 Å². The molecule has 0 saturated heterocycles. The van der Waals surface area contributed by atoms with E-state index in [0.717, 1.165) is 0 Å². The largest absolute Gasteiger partial charge is 0.503 e. The van der Waals surface area contributed by atoms with Crippen LogP contribution in [0, 0.1) is 13.8 Å². The Morgan fingerprint density at radius 3 is 2.55 bits per heavy atom. The first-order valence-corrected chi connectivity index (χ1v) is 3.40. The Morgan fingerprint density at radius 2 is 2.00 bits per heavy atom. The monoisotopic (exact) mass is 153 g/mol. The summed E-state index contributed by atoms with van der Waals surface area (Å²) in [4.78, 5) is 11.1. The summed E-state index contributed by atoms with van der Waals surface area (Å²) in [6.45, 7) is 3.39. The predicted molar refractivity (Wildman–Crippen MR) is 42.8 cm³/mol. The first-order valence-electron chi connectivity index (χ1n) is 3.40. The fourth-order valence-corrected chi connectivity index (χ4v) is 0.964. The van der Waals surface area contributed by atoms with Gasteiger partial charge in [0.05, 0.1) is 5.69 Å². The lowest BCUT2D eigenvalue weighted by molar-refractivity contribution is 0.456. The topological polar surface area (TPSA) is 42.2 Å². The fourth-order valence-electron chi connectivity index (χ4n) is 0.964. The Balaban J connectivity index is 3.59. The Morgan fingerprint density at radius 1 is 1.45 bits per heavy atom. The minimum absolute atomic E-state index is 0.146. The van der Waals surface area contributed by atoms with Crippen molar-refractivity contribution in [3.05, 3.63) is 27.7 Å².